The highest BCUT2D eigenvalue weighted by Crippen LogP contribution is 2.24. The van der Waals surface area contributed by atoms with Crippen LogP contribution in [0.4, 0.5) is 4.39 Å². The quantitative estimate of drug-likeness (QED) is 0.863. The Balaban J connectivity index is 1.78. The first-order valence-corrected chi connectivity index (χ1v) is 7.15. The SMILES string of the molecule is CC(NCCC(=O)N1CCOCC1)c1ccc(F)cc1O. The zero-order valence-electron chi connectivity index (χ0n) is 12.1. The molecule has 1 aliphatic heterocycles. The number of halogens is 1. The van der Waals surface area contributed by atoms with E-state index >= 15 is 0 Å². The lowest BCUT2D eigenvalue weighted by molar-refractivity contribution is -0.135. The van der Waals surface area contributed by atoms with Gasteiger partial charge in [-0.2, -0.15) is 0 Å². The number of phenolic OH excluding ortho intramolecular Hbond substituents is 1. The molecule has 0 spiro atoms. The summed E-state index contributed by atoms with van der Waals surface area (Å²) in [7, 11) is 0. The molecular weight excluding hydrogens is 275 g/mol. The van der Waals surface area contributed by atoms with Gasteiger partial charge >= 0.3 is 0 Å². The van der Waals surface area contributed by atoms with Crippen LogP contribution in [-0.4, -0.2) is 48.8 Å². The number of nitrogens with one attached hydrogen (secondary N) is 1. The van der Waals surface area contributed by atoms with Crippen molar-refractivity contribution in [1.29, 1.82) is 0 Å². The van der Waals surface area contributed by atoms with Gasteiger partial charge in [0.05, 0.1) is 13.2 Å². The summed E-state index contributed by atoms with van der Waals surface area (Å²) < 4.78 is 18.1. The molecule has 0 aliphatic carbocycles. The molecule has 1 heterocycles. The van der Waals surface area contributed by atoms with Crippen molar-refractivity contribution in [2.45, 2.75) is 19.4 Å². The molecule has 2 N–H and O–H groups in total. The van der Waals surface area contributed by atoms with E-state index in [-0.39, 0.29) is 17.7 Å². The minimum absolute atomic E-state index is 0.0745. The standard InChI is InChI=1S/C15H21FN2O3/c1-11(13-3-2-12(16)10-14(13)19)17-5-4-15(20)18-6-8-21-9-7-18/h2-3,10-11,17,19H,4-9H2,1H3. The average Bonchev–Trinajstić information content (AvgIpc) is 2.47. The smallest absolute Gasteiger partial charge is 0.224 e. The van der Waals surface area contributed by atoms with E-state index < -0.39 is 5.82 Å². The van der Waals surface area contributed by atoms with Gasteiger partial charge in [0.2, 0.25) is 5.91 Å². The molecule has 1 fully saturated rings. The first-order valence-electron chi connectivity index (χ1n) is 7.15. The number of morpholine rings is 1. The Bertz CT molecular complexity index is 490. The second-order valence-corrected chi connectivity index (χ2v) is 5.12. The van der Waals surface area contributed by atoms with Gasteiger partial charge in [0.25, 0.3) is 0 Å². The fourth-order valence-electron chi connectivity index (χ4n) is 2.36. The van der Waals surface area contributed by atoms with Crippen LogP contribution >= 0.6 is 0 Å². The molecule has 1 amide bonds. The third-order valence-electron chi connectivity index (χ3n) is 3.61. The Morgan fingerprint density at radius 1 is 1.48 bits per heavy atom. The summed E-state index contributed by atoms with van der Waals surface area (Å²) in [4.78, 5) is 13.8. The Morgan fingerprint density at radius 3 is 2.86 bits per heavy atom. The number of ether oxygens (including phenoxy) is 1. The minimum Gasteiger partial charge on any atom is -0.508 e. The van der Waals surface area contributed by atoms with Gasteiger partial charge in [0, 0.05) is 43.7 Å². The van der Waals surface area contributed by atoms with Crippen LogP contribution in [0.1, 0.15) is 24.9 Å². The fraction of sp³-hybridized carbons (Fsp3) is 0.533. The first-order chi connectivity index (χ1) is 10.1. The van der Waals surface area contributed by atoms with E-state index in [4.69, 9.17) is 4.74 Å². The van der Waals surface area contributed by atoms with Gasteiger partial charge in [-0.3, -0.25) is 4.79 Å². The lowest BCUT2D eigenvalue weighted by atomic mass is 10.1. The number of benzene rings is 1. The molecule has 0 bridgehead atoms. The lowest BCUT2D eigenvalue weighted by Gasteiger charge is -2.27. The predicted molar refractivity (Wildman–Crippen MR) is 76.5 cm³/mol. The summed E-state index contributed by atoms with van der Waals surface area (Å²) in [6.45, 7) is 4.86. The van der Waals surface area contributed by atoms with Crippen LogP contribution in [-0.2, 0) is 9.53 Å². The summed E-state index contributed by atoms with van der Waals surface area (Å²) in [5, 5.41) is 12.9. The number of nitrogens with zero attached hydrogens (tertiary/aromatic N) is 1. The predicted octanol–water partition coefficient (Wildman–Crippen LogP) is 1.43. The first kappa shape index (κ1) is 15.7. The number of carbonyl (C=O) groups is 1. The Kier molecular flexibility index (Phi) is 5.52. The van der Waals surface area contributed by atoms with Crippen molar-refractivity contribution in [3.8, 4) is 5.75 Å². The maximum absolute atomic E-state index is 12.9. The van der Waals surface area contributed by atoms with Crippen molar-refractivity contribution < 1.29 is 19.0 Å². The molecule has 1 aliphatic rings. The largest absolute Gasteiger partial charge is 0.508 e. The molecule has 6 heteroatoms. The van der Waals surface area contributed by atoms with Crippen molar-refractivity contribution in [3.05, 3.63) is 29.6 Å². The van der Waals surface area contributed by atoms with E-state index in [0.717, 1.165) is 6.07 Å². The number of carbonyl (C=O) groups excluding carboxylic acids is 1. The van der Waals surface area contributed by atoms with Crippen molar-refractivity contribution >= 4 is 5.91 Å². The number of aromatic hydroxyl groups is 1. The van der Waals surface area contributed by atoms with Crippen LogP contribution in [0.2, 0.25) is 0 Å². The van der Waals surface area contributed by atoms with Crippen molar-refractivity contribution in [2.75, 3.05) is 32.8 Å². The zero-order valence-corrected chi connectivity index (χ0v) is 12.1. The number of hydrogen-bond acceptors (Lipinski definition) is 4. The molecule has 116 valence electrons. The van der Waals surface area contributed by atoms with Crippen LogP contribution in [0.25, 0.3) is 0 Å². The van der Waals surface area contributed by atoms with Gasteiger partial charge in [-0.15, -0.1) is 0 Å². The maximum atomic E-state index is 12.9. The molecule has 21 heavy (non-hydrogen) atoms. The third-order valence-corrected chi connectivity index (χ3v) is 3.61. The van der Waals surface area contributed by atoms with E-state index in [0.29, 0.717) is 44.8 Å². The van der Waals surface area contributed by atoms with Crippen molar-refractivity contribution in [3.63, 3.8) is 0 Å². The van der Waals surface area contributed by atoms with Crippen LogP contribution in [0.5, 0.6) is 5.75 Å². The molecule has 1 unspecified atom stereocenters. The Morgan fingerprint density at radius 2 is 2.19 bits per heavy atom. The molecule has 5 nitrogen and oxygen atoms in total. The van der Waals surface area contributed by atoms with Crippen LogP contribution in [0.3, 0.4) is 0 Å². The van der Waals surface area contributed by atoms with Crippen LogP contribution < -0.4 is 5.32 Å². The second kappa shape index (κ2) is 7.38. The lowest BCUT2D eigenvalue weighted by Crippen LogP contribution is -2.41. The molecular formula is C15H21FN2O3. The number of hydrogen-bond donors (Lipinski definition) is 2. The van der Waals surface area contributed by atoms with Gasteiger partial charge in [-0.1, -0.05) is 6.07 Å². The molecule has 0 radical (unpaired) electrons. The molecule has 1 aromatic rings. The highest BCUT2D eigenvalue weighted by molar-refractivity contribution is 5.76. The number of amides is 1. The molecule has 1 aromatic carbocycles. The normalized spacial score (nSPS) is 16.8. The Hall–Kier alpha value is -1.66. The zero-order chi connectivity index (χ0) is 15.2. The molecule has 0 aromatic heterocycles. The topological polar surface area (TPSA) is 61.8 Å². The average molecular weight is 296 g/mol. The van der Waals surface area contributed by atoms with Gasteiger partial charge < -0.3 is 20.1 Å². The molecule has 2 rings (SSSR count). The highest BCUT2D eigenvalue weighted by atomic mass is 19.1. The third kappa shape index (κ3) is 4.41. The van der Waals surface area contributed by atoms with Crippen molar-refractivity contribution in [2.24, 2.45) is 0 Å². The van der Waals surface area contributed by atoms with Gasteiger partial charge in [0.1, 0.15) is 11.6 Å². The van der Waals surface area contributed by atoms with Gasteiger partial charge in [-0.05, 0) is 13.0 Å². The number of phenols is 1. The molecule has 0 saturated carbocycles. The van der Waals surface area contributed by atoms with E-state index in [2.05, 4.69) is 5.32 Å². The number of rotatable bonds is 5. The second-order valence-electron chi connectivity index (χ2n) is 5.12. The monoisotopic (exact) mass is 296 g/mol. The van der Waals surface area contributed by atoms with Crippen LogP contribution in [0, 0.1) is 5.82 Å². The molecule has 1 saturated heterocycles. The highest BCUT2D eigenvalue weighted by Gasteiger charge is 2.17. The minimum atomic E-state index is -0.467. The summed E-state index contributed by atoms with van der Waals surface area (Å²) in [5.41, 5.74) is 0.621. The summed E-state index contributed by atoms with van der Waals surface area (Å²) in [5.74, 6) is -0.443. The molecule has 1 atom stereocenters. The van der Waals surface area contributed by atoms with Gasteiger partial charge in [-0.25, -0.2) is 4.39 Å². The summed E-state index contributed by atoms with van der Waals surface area (Å²) in [6.07, 6.45) is 0.395. The van der Waals surface area contributed by atoms with E-state index in [1.54, 1.807) is 11.0 Å². The van der Waals surface area contributed by atoms with E-state index in [1.807, 2.05) is 6.92 Å². The Labute approximate surface area is 123 Å². The maximum Gasteiger partial charge on any atom is 0.224 e. The van der Waals surface area contributed by atoms with Gasteiger partial charge in [0.15, 0.2) is 0 Å². The summed E-state index contributed by atoms with van der Waals surface area (Å²) >= 11 is 0. The van der Waals surface area contributed by atoms with E-state index in [9.17, 15) is 14.3 Å². The summed E-state index contributed by atoms with van der Waals surface area (Å²) in [6, 6.07) is 3.80. The van der Waals surface area contributed by atoms with Crippen molar-refractivity contribution in [1.82, 2.24) is 10.2 Å². The van der Waals surface area contributed by atoms with Crippen LogP contribution in [0.15, 0.2) is 18.2 Å². The van der Waals surface area contributed by atoms with E-state index in [1.165, 1.54) is 6.07 Å². The fourth-order valence-corrected chi connectivity index (χ4v) is 2.36.